The molecule has 11 heteroatoms. The second-order valence-corrected chi connectivity index (χ2v) is 8.66. The standard InChI is InChI=1S/C28H34N4O7/c1-5-15-32-18(3)23(26(34)39-17-16-37-4)24(31-28(32)36)19-7-11-21(12-8-19)29-27(35)30-22-13-9-20(10-14-22)25(33)38-6-2/h7-14,24H,5-6,15-17H2,1-4H3,(H,31,36)(H2,29,30,35). The summed E-state index contributed by atoms with van der Waals surface area (Å²) in [6, 6.07) is 11.6. The van der Waals surface area contributed by atoms with Crippen molar-refractivity contribution in [3.63, 3.8) is 0 Å². The maximum absolute atomic E-state index is 13.0. The van der Waals surface area contributed by atoms with Crippen LogP contribution in [0, 0.1) is 0 Å². The summed E-state index contributed by atoms with van der Waals surface area (Å²) in [5, 5.41) is 8.33. The van der Waals surface area contributed by atoms with Gasteiger partial charge in [-0.2, -0.15) is 0 Å². The minimum Gasteiger partial charge on any atom is -0.462 e. The molecule has 0 aromatic heterocycles. The minimum absolute atomic E-state index is 0.0874. The summed E-state index contributed by atoms with van der Waals surface area (Å²) in [6.07, 6.45) is 0.722. The van der Waals surface area contributed by atoms with E-state index in [1.807, 2.05) is 6.92 Å². The number of esters is 2. The molecule has 1 aliphatic heterocycles. The average Bonchev–Trinajstić information content (AvgIpc) is 2.91. The fraction of sp³-hybridized carbons (Fsp3) is 0.357. The van der Waals surface area contributed by atoms with Crippen molar-refractivity contribution in [3.8, 4) is 0 Å². The van der Waals surface area contributed by atoms with E-state index in [4.69, 9.17) is 14.2 Å². The van der Waals surface area contributed by atoms with E-state index in [2.05, 4.69) is 16.0 Å². The molecule has 0 saturated heterocycles. The van der Waals surface area contributed by atoms with Crippen molar-refractivity contribution in [2.45, 2.75) is 33.2 Å². The van der Waals surface area contributed by atoms with E-state index in [1.165, 1.54) is 12.0 Å². The zero-order valence-corrected chi connectivity index (χ0v) is 22.5. The van der Waals surface area contributed by atoms with Crippen LogP contribution in [-0.2, 0) is 19.0 Å². The predicted octanol–water partition coefficient (Wildman–Crippen LogP) is 4.45. The number of hydrogen-bond acceptors (Lipinski definition) is 7. The number of nitrogens with zero attached hydrogens (tertiary/aromatic N) is 1. The Bertz CT molecular complexity index is 1210. The molecule has 1 atom stereocenters. The van der Waals surface area contributed by atoms with Crippen LogP contribution in [0.15, 0.2) is 59.8 Å². The van der Waals surface area contributed by atoms with E-state index in [-0.39, 0.29) is 25.9 Å². The van der Waals surface area contributed by atoms with Crippen LogP contribution in [0.2, 0.25) is 0 Å². The molecule has 0 aliphatic carbocycles. The Morgan fingerprint density at radius 3 is 2.08 bits per heavy atom. The van der Waals surface area contributed by atoms with Gasteiger partial charge >= 0.3 is 24.0 Å². The lowest BCUT2D eigenvalue weighted by Gasteiger charge is -2.35. The van der Waals surface area contributed by atoms with Gasteiger partial charge in [-0.15, -0.1) is 0 Å². The predicted molar refractivity (Wildman–Crippen MR) is 145 cm³/mol. The smallest absolute Gasteiger partial charge is 0.338 e. The van der Waals surface area contributed by atoms with Crippen molar-refractivity contribution in [2.24, 2.45) is 0 Å². The maximum Gasteiger partial charge on any atom is 0.338 e. The van der Waals surface area contributed by atoms with Gasteiger partial charge < -0.3 is 30.2 Å². The number of benzene rings is 2. The number of methoxy groups -OCH3 is 1. The van der Waals surface area contributed by atoms with Crippen LogP contribution in [-0.4, -0.2) is 62.4 Å². The van der Waals surface area contributed by atoms with E-state index in [9.17, 15) is 19.2 Å². The molecule has 39 heavy (non-hydrogen) atoms. The fourth-order valence-electron chi connectivity index (χ4n) is 4.04. The summed E-state index contributed by atoms with van der Waals surface area (Å²) in [4.78, 5) is 51.6. The first-order valence-electron chi connectivity index (χ1n) is 12.7. The summed E-state index contributed by atoms with van der Waals surface area (Å²) < 4.78 is 15.3. The lowest BCUT2D eigenvalue weighted by atomic mass is 9.94. The van der Waals surface area contributed by atoms with Gasteiger partial charge in [0.25, 0.3) is 0 Å². The number of nitrogens with one attached hydrogen (secondary N) is 3. The van der Waals surface area contributed by atoms with Gasteiger partial charge in [0.05, 0.1) is 30.4 Å². The molecule has 2 aromatic rings. The summed E-state index contributed by atoms with van der Waals surface area (Å²) in [6.45, 7) is 6.49. The van der Waals surface area contributed by atoms with E-state index < -0.39 is 24.0 Å². The van der Waals surface area contributed by atoms with Gasteiger partial charge in [-0.1, -0.05) is 19.1 Å². The van der Waals surface area contributed by atoms with Crippen molar-refractivity contribution >= 4 is 35.4 Å². The normalized spacial score (nSPS) is 14.9. The van der Waals surface area contributed by atoms with Gasteiger partial charge in [-0.25, -0.2) is 19.2 Å². The summed E-state index contributed by atoms with van der Waals surface area (Å²) in [7, 11) is 1.52. The number of ether oxygens (including phenoxy) is 3. The number of carbonyl (C=O) groups excluding carboxylic acids is 4. The molecule has 1 aliphatic rings. The number of allylic oxidation sites excluding steroid dienone is 1. The summed E-state index contributed by atoms with van der Waals surface area (Å²) >= 11 is 0. The molecule has 4 amide bonds. The highest BCUT2D eigenvalue weighted by atomic mass is 16.6. The molecule has 3 N–H and O–H groups in total. The molecule has 208 valence electrons. The Hall–Kier alpha value is -4.38. The molecule has 0 fully saturated rings. The number of amides is 4. The van der Waals surface area contributed by atoms with Gasteiger partial charge in [0.1, 0.15) is 6.61 Å². The van der Waals surface area contributed by atoms with Gasteiger partial charge in [0.15, 0.2) is 0 Å². The molecule has 0 bridgehead atoms. The van der Waals surface area contributed by atoms with Crippen LogP contribution in [0.5, 0.6) is 0 Å². The van der Waals surface area contributed by atoms with Crippen molar-refractivity contribution in [1.29, 1.82) is 0 Å². The first-order chi connectivity index (χ1) is 18.8. The Kier molecular flexibility index (Phi) is 10.4. The number of carbonyl (C=O) groups is 4. The monoisotopic (exact) mass is 538 g/mol. The third-order valence-electron chi connectivity index (χ3n) is 5.94. The van der Waals surface area contributed by atoms with Crippen molar-refractivity contribution in [1.82, 2.24) is 10.2 Å². The lowest BCUT2D eigenvalue weighted by molar-refractivity contribution is -0.140. The van der Waals surface area contributed by atoms with Crippen LogP contribution in [0.4, 0.5) is 21.0 Å². The number of anilines is 2. The first kappa shape index (κ1) is 29.2. The fourth-order valence-corrected chi connectivity index (χ4v) is 4.04. The van der Waals surface area contributed by atoms with Gasteiger partial charge in [0, 0.05) is 30.7 Å². The van der Waals surface area contributed by atoms with E-state index in [0.717, 1.165) is 6.42 Å². The Morgan fingerprint density at radius 2 is 1.51 bits per heavy atom. The number of urea groups is 2. The molecule has 0 spiro atoms. The Labute approximate surface area is 227 Å². The van der Waals surface area contributed by atoms with Crippen molar-refractivity contribution in [3.05, 3.63) is 70.9 Å². The first-order valence-corrected chi connectivity index (χ1v) is 12.7. The van der Waals surface area contributed by atoms with Gasteiger partial charge in [-0.3, -0.25) is 4.90 Å². The zero-order valence-electron chi connectivity index (χ0n) is 22.5. The average molecular weight is 539 g/mol. The zero-order chi connectivity index (χ0) is 28.4. The maximum atomic E-state index is 13.0. The topological polar surface area (TPSA) is 135 Å². The van der Waals surface area contributed by atoms with Crippen LogP contribution < -0.4 is 16.0 Å². The van der Waals surface area contributed by atoms with Crippen LogP contribution in [0.3, 0.4) is 0 Å². The molecule has 1 unspecified atom stereocenters. The van der Waals surface area contributed by atoms with E-state index >= 15 is 0 Å². The van der Waals surface area contributed by atoms with Crippen molar-refractivity contribution in [2.75, 3.05) is 44.1 Å². The molecular formula is C28H34N4O7. The molecule has 3 rings (SSSR count). The van der Waals surface area contributed by atoms with Gasteiger partial charge in [0.2, 0.25) is 0 Å². The molecule has 0 saturated carbocycles. The second kappa shape index (κ2) is 14.0. The number of hydrogen-bond donors (Lipinski definition) is 3. The Morgan fingerprint density at radius 1 is 0.897 bits per heavy atom. The number of rotatable bonds is 11. The van der Waals surface area contributed by atoms with Crippen LogP contribution in [0.25, 0.3) is 0 Å². The van der Waals surface area contributed by atoms with Crippen LogP contribution >= 0.6 is 0 Å². The van der Waals surface area contributed by atoms with Crippen LogP contribution in [0.1, 0.15) is 49.2 Å². The third-order valence-corrected chi connectivity index (χ3v) is 5.94. The highest BCUT2D eigenvalue weighted by Crippen LogP contribution is 2.32. The minimum atomic E-state index is -0.721. The van der Waals surface area contributed by atoms with E-state index in [0.29, 0.717) is 40.3 Å². The summed E-state index contributed by atoms with van der Waals surface area (Å²) in [5.41, 5.74) is 2.90. The highest BCUT2D eigenvalue weighted by Gasteiger charge is 2.36. The highest BCUT2D eigenvalue weighted by molar-refractivity contribution is 6.00. The molecular weight excluding hydrogens is 504 g/mol. The quantitative estimate of drug-likeness (QED) is 0.284. The Balaban J connectivity index is 1.72. The summed E-state index contributed by atoms with van der Waals surface area (Å²) in [5.74, 6) is -0.969. The third kappa shape index (κ3) is 7.57. The molecule has 11 nitrogen and oxygen atoms in total. The van der Waals surface area contributed by atoms with Gasteiger partial charge in [-0.05, 0) is 62.2 Å². The second-order valence-electron chi connectivity index (χ2n) is 8.66. The molecule has 1 heterocycles. The molecule has 2 aromatic carbocycles. The molecule has 0 radical (unpaired) electrons. The van der Waals surface area contributed by atoms with E-state index in [1.54, 1.807) is 62.4 Å². The largest absolute Gasteiger partial charge is 0.462 e. The lowest BCUT2D eigenvalue weighted by Crippen LogP contribution is -2.48. The SMILES string of the molecule is CCCN1C(=O)NC(c2ccc(NC(=O)Nc3ccc(C(=O)OCC)cc3)cc2)C(C(=O)OCCOC)=C1C. The van der Waals surface area contributed by atoms with Crippen molar-refractivity contribution < 1.29 is 33.4 Å².